The molecule has 4 N–H and O–H groups in total. The van der Waals surface area contributed by atoms with Crippen molar-refractivity contribution < 1.29 is 41.5 Å². The Hall–Kier alpha value is -5.52. The fraction of sp³-hybridized carbons (Fsp3) is 0.556. The van der Waals surface area contributed by atoms with Gasteiger partial charge in [-0.15, -0.1) is 0 Å². The Morgan fingerprint density at radius 3 is 2.29 bits per heavy atom. The molecule has 4 aliphatic rings. The zero-order chi connectivity index (χ0) is 45.4. The van der Waals surface area contributed by atoms with E-state index < -0.39 is 41.8 Å². The van der Waals surface area contributed by atoms with E-state index in [1.165, 1.54) is 44.3 Å². The van der Waals surface area contributed by atoms with Crippen LogP contribution in [0.5, 0.6) is 5.75 Å². The lowest BCUT2D eigenvalue weighted by Crippen LogP contribution is -2.55. The van der Waals surface area contributed by atoms with E-state index in [1.54, 1.807) is 36.9 Å². The first-order chi connectivity index (χ1) is 29.9. The third-order valence-corrected chi connectivity index (χ3v) is 13.3. The smallest absolute Gasteiger partial charge is 0.342 e. The number of anilines is 5. The van der Waals surface area contributed by atoms with Gasteiger partial charge in [0.15, 0.2) is 5.82 Å². The Balaban J connectivity index is 0.874. The molecule has 3 amide bonds. The number of likely N-dealkylation sites (tertiary alicyclic amines) is 1. The van der Waals surface area contributed by atoms with E-state index in [2.05, 4.69) is 25.5 Å². The van der Waals surface area contributed by atoms with Gasteiger partial charge in [-0.05, 0) is 126 Å². The van der Waals surface area contributed by atoms with Crippen LogP contribution in [0.15, 0.2) is 36.5 Å². The topological polar surface area (TPSA) is 166 Å². The molecule has 1 aromatic heterocycles. The van der Waals surface area contributed by atoms with Gasteiger partial charge in [-0.1, -0.05) is 0 Å². The molecule has 2 saturated heterocycles. The number of Topliss-reactive ketones (excluding diaryl/α,β-unsaturated/α-hetero) is 1. The number of carbonyl (C=O) groups excluding carboxylic acids is 4. The summed E-state index contributed by atoms with van der Waals surface area (Å²) in [4.78, 5) is 64.6. The minimum Gasteiger partial charge on any atom is -0.495 e. The van der Waals surface area contributed by atoms with Crippen molar-refractivity contribution >= 4 is 52.3 Å². The molecular formula is C45H57F4N9O5. The number of rotatable bonds is 14. The predicted octanol–water partition coefficient (Wildman–Crippen LogP) is 6.16. The van der Waals surface area contributed by atoms with Gasteiger partial charge in [0.1, 0.15) is 34.5 Å². The summed E-state index contributed by atoms with van der Waals surface area (Å²) in [5, 5.41) is 6.25. The van der Waals surface area contributed by atoms with E-state index in [9.17, 15) is 28.0 Å². The zero-order valence-electron chi connectivity index (χ0n) is 36.5. The van der Waals surface area contributed by atoms with Crippen molar-refractivity contribution in [2.45, 2.75) is 96.1 Å². The zero-order valence-corrected chi connectivity index (χ0v) is 36.5. The summed E-state index contributed by atoms with van der Waals surface area (Å²) >= 11 is 0. The summed E-state index contributed by atoms with van der Waals surface area (Å²) in [5.74, 6) is -7.39. The standard InChI is InChI=1S/C45H57F4N9O5/c1-26(2)58-25-45(48,49)42(62)55(4)36-23-51-43(54-40(36)58)53-35-9-7-29(20-37(35)63-5)41(61)52-31-21-44(22-31)12-16-56(17-13-44)24-28-10-14-57(15-11-28)38-33(46)18-30(19-34(38)47)32(39(50)60)8-6-27(3)59/h7,9,18-20,23,26,28,31-32H,6,8,10-17,21-22,24-25H2,1-5H3,(H2,50,60)(H,52,61)(H,51,53,54). The number of carbonyl (C=O) groups is 4. The molecule has 3 aliphatic heterocycles. The molecule has 3 aromatic rings. The van der Waals surface area contributed by atoms with Crippen molar-refractivity contribution in [2.75, 3.05) is 73.4 Å². The van der Waals surface area contributed by atoms with Gasteiger partial charge in [-0.25, -0.2) is 13.8 Å². The highest BCUT2D eigenvalue weighted by Gasteiger charge is 2.48. The lowest BCUT2D eigenvalue weighted by atomic mass is 9.60. The SMILES string of the molecule is COc1cc(C(=O)NC2CC3(CCN(CC4CCN(c5c(F)cc(C(CCC(C)=O)C(N)=O)cc5F)CC4)CC3)C2)ccc1Nc1ncc2c(n1)N(C(C)C)CC(F)(F)C(=O)N2C. The molecule has 1 spiro atoms. The highest BCUT2D eigenvalue weighted by atomic mass is 19.3. The van der Waals surface area contributed by atoms with Gasteiger partial charge in [-0.2, -0.15) is 13.8 Å². The molecule has 1 saturated carbocycles. The number of piperidine rings is 2. The molecule has 2 aromatic carbocycles. The number of primary amides is 1. The van der Waals surface area contributed by atoms with E-state index >= 15 is 8.78 Å². The van der Waals surface area contributed by atoms with Crippen LogP contribution in [0.3, 0.4) is 0 Å². The fourth-order valence-electron chi connectivity index (χ4n) is 9.66. The van der Waals surface area contributed by atoms with E-state index in [-0.39, 0.29) is 70.7 Å². The van der Waals surface area contributed by atoms with E-state index in [0.717, 1.165) is 63.1 Å². The molecule has 0 radical (unpaired) electrons. The van der Waals surface area contributed by atoms with E-state index in [0.29, 0.717) is 36.0 Å². The molecule has 14 nitrogen and oxygen atoms in total. The predicted molar refractivity (Wildman–Crippen MR) is 231 cm³/mol. The summed E-state index contributed by atoms with van der Waals surface area (Å²) < 4.78 is 65.8. The Labute approximate surface area is 364 Å². The third-order valence-electron chi connectivity index (χ3n) is 13.3. The summed E-state index contributed by atoms with van der Waals surface area (Å²) in [6.07, 6.45) is 6.96. The number of nitrogens with one attached hydrogen (secondary N) is 2. The third kappa shape index (κ3) is 9.85. The quantitative estimate of drug-likeness (QED) is 0.159. The van der Waals surface area contributed by atoms with Crippen LogP contribution in [0.25, 0.3) is 0 Å². The van der Waals surface area contributed by atoms with Crippen molar-refractivity contribution in [1.29, 1.82) is 0 Å². The number of hydrogen-bond donors (Lipinski definition) is 3. The van der Waals surface area contributed by atoms with Crippen LogP contribution in [0.1, 0.15) is 94.0 Å². The van der Waals surface area contributed by atoms with E-state index in [4.69, 9.17) is 10.5 Å². The molecule has 0 bridgehead atoms. The normalized spacial score (nSPS) is 19.7. The van der Waals surface area contributed by atoms with Crippen LogP contribution in [0.4, 0.5) is 46.4 Å². The van der Waals surface area contributed by atoms with Crippen LogP contribution in [-0.2, 0) is 14.4 Å². The maximum Gasteiger partial charge on any atom is 0.342 e. The second-order valence-electron chi connectivity index (χ2n) is 18.1. The number of hydrogen-bond acceptors (Lipinski definition) is 11. The first kappa shape index (κ1) is 45.5. The number of nitrogens with two attached hydrogens (primary N) is 1. The summed E-state index contributed by atoms with van der Waals surface area (Å²) in [7, 11) is 2.75. The lowest BCUT2D eigenvalue weighted by molar-refractivity contribution is -0.140. The van der Waals surface area contributed by atoms with Gasteiger partial charge < -0.3 is 45.5 Å². The second-order valence-corrected chi connectivity index (χ2v) is 18.1. The molecule has 7 rings (SSSR count). The number of amides is 3. The summed E-state index contributed by atoms with van der Waals surface area (Å²) in [6, 6.07) is 6.96. The number of nitrogens with zero attached hydrogens (tertiary/aromatic N) is 6. The van der Waals surface area contributed by atoms with Gasteiger partial charge in [0.25, 0.3) is 11.8 Å². The van der Waals surface area contributed by atoms with Crippen LogP contribution in [-0.4, -0.2) is 110 Å². The second kappa shape index (κ2) is 18.3. The van der Waals surface area contributed by atoms with Crippen LogP contribution in [0.2, 0.25) is 0 Å². The molecule has 1 atom stereocenters. The number of aromatic nitrogens is 2. The van der Waals surface area contributed by atoms with Crippen molar-refractivity contribution in [1.82, 2.24) is 20.2 Å². The molecule has 1 unspecified atom stereocenters. The minimum atomic E-state index is -3.61. The van der Waals surface area contributed by atoms with Crippen LogP contribution >= 0.6 is 0 Å². The largest absolute Gasteiger partial charge is 0.495 e. The molecule has 63 heavy (non-hydrogen) atoms. The number of methoxy groups -OCH3 is 1. The fourth-order valence-corrected chi connectivity index (χ4v) is 9.66. The highest BCUT2D eigenvalue weighted by molar-refractivity contribution is 6.02. The maximum absolute atomic E-state index is 15.3. The molecule has 4 heterocycles. The minimum absolute atomic E-state index is 0.0449. The summed E-state index contributed by atoms with van der Waals surface area (Å²) in [5.41, 5.74) is 6.77. The van der Waals surface area contributed by atoms with Gasteiger partial charge in [0, 0.05) is 50.7 Å². The van der Waals surface area contributed by atoms with Gasteiger partial charge >= 0.3 is 5.92 Å². The van der Waals surface area contributed by atoms with Gasteiger partial charge in [0.2, 0.25) is 11.9 Å². The van der Waals surface area contributed by atoms with Crippen molar-refractivity contribution in [3.05, 3.63) is 59.3 Å². The van der Waals surface area contributed by atoms with Crippen molar-refractivity contribution in [2.24, 2.45) is 17.1 Å². The number of benzene rings is 2. The number of ketones is 1. The number of alkyl halides is 2. The Morgan fingerprint density at radius 2 is 1.68 bits per heavy atom. The number of ether oxygens (including phenoxy) is 1. The summed E-state index contributed by atoms with van der Waals surface area (Å²) in [6.45, 7) is 7.90. The Bertz CT molecular complexity index is 2200. The van der Waals surface area contributed by atoms with Gasteiger partial charge in [-0.3, -0.25) is 14.4 Å². The molecule has 1 aliphatic carbocycles. The van der Waals surface area contributed by atoms with E-state index in [1.807, 2.05) is 0 Å². The maximum atomic E-state index is 15.3. The monoisotopic (exact) mass is 879 g/mol. The van der Waals surface area contributed by atoms with Crippen molar-refractivity contribution in [3.8, 4) is 5.75 Å². The average molecular weight is 880 g/mol. The van der Waals surface area contributed by atoms with Crippen molar-refractivity contribution in [3.63, 3.8) is 0 Å². The number of halogens is 4. The molecule has 18 heteroatoms. The highest BCUT2D eigenvalue weighted by Crippen LogP contribution is 2.49. The molecule has 3 fully saturated rings. The lowest BCUT2D eigenvalue weighted by Gasteiger charge is -2.52. The molecule has 340 valence electrons. The van der Waals surface area contributed by atoms with Crippen LogP contribution in [0, 0.1) is 23.0 Å². The Kier molecular flexibility index (Phi) is 13.2. The van der Waals surface area contributed by atoms with Gasteiger partial charge in [0.05, 0.1) is 31.5 Å². The number of fused-ring (bicyclic) bond motifs is 1. The average Bonchev–Trinajstić information content (AvgIpc) is 3.29. The van der Waals surface area contributed by atoms with Crippen LogP contribution < -0.4 is 35.8 Å². The Morgan fingerprint density at radius 1 is 1.02 bits per heavy atom. The first-order valence-corrected chi connectivity index (χ1v) is 21.7. The molecular weight excluding hydrogens is 823 g/mol. The first-order valence-electron chi connectivity index (χ1n) is 21.7.